The number of furan rings is 1. The number of fused-ring (bicyclic) bond motifs is 1. The number of rotatable bonds is 5. The molecule has 0 spiro atoms. The highest BCUT2D eigenvalue weighted by Gasteiger charge is 2.34. The van der Waals surface area contributed by atoms with Crippen LogP contribution in [0.4, 0.5) is 0 Å². The van der Waals surface area contributed by atoms with E-state index in [9.17, 15) is 9.59 Å². The number of likely N-dealkylation sites (tertiary alicyclic amines) is 1. The summed E-state index contributed by atoms with van der Waals surface area (Å²) in [7, 11) is 0. The molecule has 2 aliphatic rings. The van der Waals surface area contributed by atoms with Crippen LogP contribution in [-0.4, -0.2) is 47.4 Å². The zero-order valence-electron chi connectivity index (χ0n) is 19.7. The highest BCUT2D eigenvalue weighted by atomic mass is 16.5. The molecule has 2 aliphatic heterocycles. The Kier molecular flexibility index (Phi) is 6.14. The van der Waals surface area contributed by atoms with E-state index in [-0.39, 0.29) is 17.9 Å². The van der Waals surface area contributed by atoms with Crippen molar-refractivity contribution >= 4 is 11.8 Å². The smallest absolute Gasteiger partial charge is 0.290 e. The topological polar surface area (TPSA) is 63.0 Å². The average Bonchev–Trinajstić information content (AvgIpc) is 3.57. The van der Waals surface area contributed by atoms with E-state index in [1.165, 1.54) is 11.8 Å². The Morgan fingerprint density at radius 2 is 1.85 bits per heavy atom. The van der Waals surface area contributed by atoms with E-state index in [2.05, 4.69) is 31.2 Å². The van der Waals surface area contributed by atoms with Gasteiger partial charge in [-0.05, 0) is 74.1 Å². The molecule has 3 heterocycles. The van der Waals surface area contributed by atoms with Crippen LogP contribution in [-0.2, 0) is 11.2 Å². The number of hydrogen-bond donors (Lipinski definition) is 0. The average molecular weight is 459 g/mol. The third-order valence-electron chi connectivity index (χ3n) is 6.77. The van der Waals surface area contributed by atoms with Gasteiger partial charge in [-0.3, -0.25) is 9.59 Å². The molecule has 2 amide bonds. The van der Waals surface area contributed by atoms with Crippen LogP contribution in [0.2, 0.25) is 0 Å². The zero-order valence-corrected chi connectivity index (χ0v) is 19.7. The van der Waals surface area contributed by atoms with E-state index in [0.29, 0.717) is 18.1 Å². The summed E-state index contributed by atoms with van der Waals surface area (Å²) in [6.45, 7) is 6.06. The van der Waals surface area contributed by atoms with Gasteiger partial charge >= 0.3 is 0 Å². The van der Waals surface area contributed by atoms with Gasteiger partial charge in [-0.15, -0.1) is 0 Å². The van der Waals surface area contributed by atoms with E-state index in [0.717, 1.165) is 49.0 Å². The number of nitrogens with zero attached hydrogens (tertiary/aromatic N) is 2. The first-order chi connectivity index (χ1) is 16.5. The number of benzene rings is 2. The highest BCUT2D eigenvalue weighted by Crippen LogP contribution is 2.38. The molecule has 0 saturated carbocycles. The van der Waals surface area contributed by atoms with Crippen LogP contribution in [0.25, 0.3) is 0 Å². The SMILES string of the molecule is Cc1cccc([C@@H]2c3cc(O[C@H](C)C(=O)N4CCCC4)ccc3CCN2C(=O)c2ccco2)c1. The number of ether oxygens (including phenoxy) is 1. The summed E-state index contributed by atoms with van der Waals surface area (Å²) in [5.74, 6) is 0.869. The van der Waals surface area contributed by atoms with Gasteiger partial charge in [-0.25, -0.2) is 0 Å². The minimum Gasteiger partial charge on any atom is -0.481 e. The highest BCUT2D eigenvalue weighted by molar-refractivity contribution is 5.92. The van der Waals surface area contributed by atoms with Gasteiger partial charge in [0.05, 0.1) is 12.3 Å². The Balaban J connectivity index is 1.49. The second-order valence-corrected chi connectivity index (χ2v) is 9.20. The lowest BCUT2D eigenvalue weighted by atomic mass is 9.87. The first-order valence-corrected chi connectivity index (χ1v) is 12.0. The lowest BCUT2D eigenvalue weighted by molar-refractivity contribution is -0.136. The quantitative estimate of drug-likeness (QED) is 0.553. The van der Waals surface area contributed by atoms with Crippen molar-refractivity contribution in [3.8, 4) is 5.75 Å². The molecule has 0 radical (unpaired) electrons. The Morgan fingerprint density at radius 3 is 2.59 bits per heavy atom. The summed E-state index contributed by atoms with van der Waals surface area (Å²) in [6.07, 6.45) is 3.81. The summed E-state index contributed by atoms with van der Waals surface area (Å²) in [5, 5.41) is 0. The number of aryl methyl sites for hydroxylation is 1. The molecule has 0 bridgehead atoms. The molecule has 1 fully saturated rings. The van der Waals surface area contributed by atoms with Crippen molar-refractivity contribution in [2.75, 3.05) is 19.6 Å². The van der Waals surface area contributed by atoms with Crippen LogP contribution >= 0.6 is 0 Å². The van der Waals surface area contributed by atoms with Gasteiger partial charge in [-0.1, -0.05) is 35.9 Å². The van der Waals surface area contributed by atoms with Crippen molar-refractivity contribution in [3.05, 3.63) is 88.9 Å². The molecule has 3 aromatic rings. The molecule has 34 heavy (non-hydrogen) atoms. The lowest BCUT2D eigenvalue weighted by Gasteiger charge is -2.37. The minimum atomic E-state index is -0.557. The molecule has 1 aromatic heterocycles. The third-order valence-corrected chi connectivity index (χ3v) is 6.77. The Labute approximate surface area is 200 Å². The first-order valence-electron chi connectivity index (χ1n) is 12.0. The van der Waals surface area contributed by atoms with Gasteiger partial charge in [0.25, 0.3) is 11.8 Å². The normalized spacial score (nSPS) is 18.5. The van der Waals surface area contributed by atoms with Crippen LogP contribution in [0, 0.1) is 6.92 Å². The first kappa shape index (κ1) is 22.3. The number of hydrogen-bond acceptors (Lipinski definition) is 4. The van der Waals surface area contributed by atoms with E-state index in [1.54, 1.807) is 12.1 Å². The predicted octanol–water partition coefficient (Wildman–Crippen LogP) is 4.77. The zero-order chi connectivity index (χ0) is 23.7. The minimum absolute atomic E-state index is 0.0279. The fourth-order valence-electron chi connectivity index (χ4n) is 5.08. The largest absolute Gasteiger partial charge is 0.481 e. The summed E-state index contributed by atoms with van der Waals surface area (Å²) >= 11 is 0. The van der Waals surface area contributed by atoms with Gasteiger partial charge in [0.15, 0.2) is 11.9 Å². The standard InChI is InChI=1S/C28H30N2O4/c1-19-7-5-8-22(17-19)26-24-18-23(34-20(2)27(31)29-13-3-4-14-29)11-10-21(24)12-15-30(26)28(32)25-9-6-16-33-25/h5-11,16-18,20,26H,3-4,12-15H2,1-2H3/t20-,26-/m1/s1. The summed E-state index contributed by atoms with van der Waals surface area (Å²) in [4.78, 5) is 29.9. The number of amides is 2. The van der Waals surface area contributed by atoms with Crippen LogP contribution < -0.4 is 4.74 Å². The van der Waals surface area contributed by atoms with Gasteiger partial charge in [0.1, 0.15) is 5.75 Å². The maximum absolute atomic E-state index is 13.4. The molecule has 0 aliphatic carbocycles. The molecule has 176 valence electrons. The Hall–Kier alpha value is -3.54. The van der Waals surface area contributed by atoms with Gasteiger partial charge in [0, 0.05) is 19.6 Å². The maximum atomic E-state index is 13.4. The van der Waals surface area contributed by atoms with E-state index in [1.807, 2.05) is 34.9 Å². The summed E-state index contributed by atoms with van der Waals surface area (Å²) in [5.41, 5.74) is 4.38. The second-order valence-electron chi connectivity index (χ2n) is 9.20. The number of carbonyl (C=O) groups is 2. The van der Waals surface area contributed by atoms with Crippen molar-refractivity contribution in [3.63, 3.8) is 0 Å². The lowest BCUT2D eigenvalue weighted by Crippen LogP contribution is -2.40. The fourth-order valence-corrected chi connectivity index (χ4v) is 5.08. The third kappa shape index (κ3) is 4.32. The van der Waals surface area contributed by atoms with Crippen molar-refractivity contribution < 1.29 is 18.7 Å². The van der Waals surface area contributed by atoms with Crippen molar-refractivity contribution in [2.45, 2.75) is 45.3 Å². The predicted molar refractivity (Wildman–Crippen MR) is 129 cm³/mol. The maximum Gasteiger partial charge on any atom is 0.290 e. The molecule has 0 N–H and O–H groups in total. The van der Waals surface area contributed by atoms with Crippen molar-refractivity contribution in [2.24, 2.45) is 0 Å². The molecule has 6 nitrogen and oxygen atoms in total. The molecule has 6 heteroatoms. The molecule has 1 saturated heterocycles. The van der Waals surface area contributed by atoms with Crippen LogP contribution in [0.5, 0.6) is 5.75 Å². The molecule has 2 aromatic carbocycles. The van der Waals surface area contributed by atoms with Gasteiger partial charge in [0.2, 0.25) is 0 Å². The molecular weight excluding hydrogens is 428 g/mol. The summed E-state index contributed by atoms with van der Waals surface area (Å²) < 4.78 is 11.6. The van der Waals surface area contributed by atoms with Crippen LogP contribution in [0.1, 0.15) is 58.6 Å². The van der Waals surface area contributed by atoms with Crippen LogP contribution in [0.3, 0.4) is 0 Å². The fraction of sp³-hybridized carbons (Fsp3) is 0.357. The molecular formula is C28H30N2O4. The van der Waals surface area contributed by atoms with Gasteiger partial charge in [-0.2, -0.15) is 0 Å². The summed E-state index contributed by atoms with van der Waals surface area (Å²) in [6, 6.07) is 17.4. The van der Waals surface area contributed by atoms with Crippen molar-refractivity contribution in [1.82, 2.24) is 9.80 Å². The molecule has 2 atom stereocenters. The Morgan fingerprint density at radius 1 is 1.03 bits per heavy atom. The van der Waals surface area contributed by atoms with E-state index < -0.39 is 6.10 Å². The second kappa shape index (κ2) is 9.37. The monoisotopic (exact) mass is 458 g/mol. The van der Waals surface area contributed by atoms with E-state index in [4.69, 9.17) is 9.15 Å². The van der Waals surface area contributed by atoms with Gasteiger partial charge < -0.3 is 19.0 Å². The molecule has 5 rings (SSSR count). The van der Waals surface area contributed by atoms with Crippen LogP contribution in [0.15, 0.2) is 65.3 Å². The van der Waals surface area contributed by atoms with E-state index >= 15 is 0 Å². The number of carbonyl (C=O) groups excluding carboxylic acids is 2. The Bertz CT molecular complexity index is 1180. The van der Waals surface area contributed by atoms with Crippen molar-refractivity contribution in [1.29, 1.82) is 0 Å². The molecule has 0 unspecified atom stereocenters.